The molecule has 0 spiro atoms. The Morgan fingerprint density at radius 2 is 1.75 bits per heavy atom. The van der Waals surface area contributed by atoms with E-state index in [4.69, 9.17) is 16.3 Å². The molecule has 1 aromatic carbocycles. The lowest BCUT2D eigenvalue weighted by molar-refractivity contribution is 0.414. The topological polar surface area (TPSA) is 45.7 Å². The molecule has 0 atom stereocenters. The molecule has 2 rings (SSSR count). The van der Waals surface area contributed by atoms with Crippen molar-refractivity contribution in [1.29, 1.82) is 0 Å². The van der Waals surface area contributed by atoms with Gasteiger partial charge in [0.25, 0.3) is 0 Å². The van der Waals surface area contributed by atoms with Gasteiger partial charge >= 0.3 is 0 Å². The maximum absolute atomic E-state index is 5.93. The van der Waals surface area contributed by atoms with E-state index in [9.17, 15) is 0 Å². The van der Waals surface area contributed by atoms with E-state index in [1.54, 1.807) is 25.5 Å². The zero-order valence-electron chi connectivity index (χ0n) is 13.8. The summed E-state index contributed by atoms with van der Waals surface area (Å²) in [6.45, 7) is 1.66. The molecule has 1 heterocycles. The van der Waals surface area contributed by atoms with Gasteiger partial charge in [0.15, 0.2) is 5.96 Å². The molecule has 2 N–H and O–H groups in total. The first kappa shape index (κ1) is 21.1. The third kappa shape index (κ3) is 7.27. The quantitative estimate of drug-likeness (QED) is 0.359. The Kier molecular flexibility index (Phi) is 10.1. The summed E-state index contributed by atoms with van der Waals surface area (Å²) in [5, 5.41) is 6.64. The van der Waals surface area contributed by atoms with Gasteiger partial charge in [-0.1, -0.05) is 23.7 Å². The second-order valence-electron chi connectivity index (χ2n) is 4.98. The van der Waals surface area contributed by atoms with Gasteiger partial charge in [-0.2, -0.15) is 0 Å². The van der Waals surface area contributed by atoms with Gasteiger partial charge in [0.1, 0.15) is 5.75 Å². The van der Waals surface area contributed by atoms with Crippen molar-refractivity contribution in [2.45, 2.75) is 12.8 Å². The van der Waals surface area contributed by atoms with E-state index in [0.717, 1.165) is 42.0 Å². The molecule has 0 bridgehead atoms. The first-order chi connectivity index (χ1) is 11.2. The summed E-state index contributed by atoms with van der Waals surface area (Å²) in [6, 6.07) is 12.1. The van der Waals surface area contributed by atoms with Gasteiger partial charge in [0.05, 0.1) is 11.4 Å². The van der Waals surface area contributed by atoms with Gasteiger partial charge in [-0.3, -0.25) is 4.99 Å². The van der Waals surface area contributed by atoms with Crippen LogP contribution in [-0.4, -0.2) is 33.2 Å². The highest BCUT2D eigenvalue weighted by Crippen LogP contribution is 2.21. The molecule has 0 amide bonds. The van der Waals surface area contributed by atoms with Gasteiger partial charge in [-0.25, -0.2) is 0 Å². The highest BCUT2D eigenvalue weighted by atomic mass is 127. The van der Waals surface area contributed by atoms with Crippen LogP contribution in [0.2, 0.25) is 4.34 Å². The summed E-state index contributed by atoms with van der Waals surface area (Å²) in [4.78, 5) is 5.51. The van der Waals surface area contributed by atoms with E-state index in [1.165, 1.54) is 10.4 Å². The van der Waals surface area contributed by atoms with Crippen molar-refractivity contribution < 1.29 is 4.74 Å². The number of methoxy groups -OCH3 is 1. The smallest absolute Gasteiger partial charge is 0.190 e. The van der Waals surface area contributed by atoms with Crippen LogP contribution in [0.25, 0.3) is 0 Å². The van der Waals surface area contributed by atoms with Gasteiger partial charge in [0.2, 0.25) is 0 Å². The highest BCUT2D eigenvalue weighted by Gasteiger charge is 2.01. The van der Waals surface area contributed by atoms with Crippen LogP contribution in [0.4, 0.5) is 0 Å². The summed E-state index contributed by atoms with van der Waals surface area (Å²) in [5.74, 6) is 1.70. The summed E-state index contributed by atoms with van der Waals surface area (Å²) in [5.41, 5.74) is 1.27. The van der Waals surface area contributed by atoms with Crippen LogP contribution in [0.3, 0.4) is 0 Å². The van der Waals surface area contributed by atoms with E-state index in [1.807, 2.05) is 18.2 Å². The second kappa shape index (κ2) is 11.5. The van der Waals surface area contributed by atoms with E-state index >= 15 is 0 Å². The number of aliphatic imine (C=N–C) groups is 1. The molecule has 2 aromatic rings. The highest BCUT2D eigenvalue weighted by molar-refractivity contribution is 14.0. The molecule has 132 valence electrons. The van der Waals surface area contributed by atoms with Crippen LogP contribution in [0.15, 0.2) is 41.4 Å². The molecule has 0 fully saturated rings. The van der Waals surface area contributed by atoms with Crippen molar-refractivity contribution in [2.75, 3.05) is 27.2 Å². The number of benzene rings is 1. The minimum Gasteiger partial charge on any atom is -0.497 e. The monoisotopic (exact) mass is 479 g/mol. The summed E-state index contributed by atoms with van der Waals surface area (Å²) in [6.07, 6.45) is 1.88. The molecule has 0 aliphatic carbocycles. The number of nitrogens with one attached hydrogen (secondary N) is 2. The third-order valence-corrected chi connectivity index (χ3v) is 4.67. The predicted molar refractivity (Wildman–Crippen MR) is 115 cm³/mol. The molecule has 4 nitrogen and oxygen atoms in total. The lowest BCUT2D eigenvalue weighted by atomic mass is 10.1. The number of hydrogen-bond acceptors (Lipinski definition) is 3. The molecule has 0 saturated carbocycles. The maximum atomic E-state index is 5.93. The Morgan fingerprint density at radius 3 is 2.29 bits per heavy atom. The van der Waals surface area contributed by atoms with Gasteiger partial charge in [-0.05, 0) is 42.7 Å². The second-order valence-corrected chi connectivity index (χ2v) is 6.78. The van der Waals surface area contributed by atoms with Crippen molar-refractivity contribution in [2.24, 2.45) is 4.99 Å². The van der Waals surface area contributed by atoms with E-state index < -0.39 is 0 Å². The SMILES string of the molecule is CN=C(NCCc1ccc(OC)cc1)NCCc1ccc(Cl)s1.I. The van der Waals surface area contributed by atoms with Crippen molar-refractivity contribution >= 4 is 52.9 Å². The summed E-state index contributed by atoms with van der Waals surface area (Å²) < 4.78 is 5.99. The molecule has 0 aliphatic heterocycles. The molecular weight excluding hydrogens is 457 g/mol. The summed E-state index contributed by atoms with van der Waals surface area (Å²) >= 11 is 7.55. The van der Waals surface area contributed by atoms with Crippen LogP contribution < -0.4 is 15.4 Å². The zero-order chi connectivity index (χ0) is 16.5. The largest absolute Gasteiger partial charge is 0.497 e. The number of nitrogens with zero attached hydrogens (tertiary/aromatic N) is 1. The summed E-state index contributed by atoms with van der Waals surface area (Å²) in [7, 11) is 3.46. The van der Waals surface area contributed by atoms with Gasteiger partial charge < -0.3 is 15.4 Å². The minimum atomic E-state index is 0. The number of halogens is 2. The predicted octanol–water partition coefficient (Wildman–Crippen LogP) is 3.98. The average molecular weight is 480 g/mol. The lowest BCUT2D eigenvalue weighted by Gasteiger charge is -2.11. The molecule has 0 unspecified atom stereocenters. The molecule has 24 heavy (non-hydrogen) atoms. The van der Waals surface area contributed by atoms with Gasteiger partial charge in [-0.15, -0.1) is 35.3 Å². The van der Waals surface area contributed by atoms with Crippen LogP contribution in [0.5, 0.6) is 5.75 Å². The van der Waals surface area contributed by atoms with Crippen LogP contribution in [0.1, 0.15) is 10.4 Å². The Morgan fingerprint density at radius 1 is 1.08 bits per heavy atom. The number of thiophene rings is 1. The lowest BCUT2D eigenvalue weighted by Crippen LogP contribution is -2.39. The van der Waals surface area contributed by atoms with E-state index in [-0.39, 0.29) is 24.0 Å². The Bertz CT molecular complexity index is 631. The Balaban J connectivity index is 0.00000288. The van der Waals surface area contributed by atoms with Crippen molar-refractivity contribution in [3.05, 3.63) is 51.2 Å². The number of guanidine groups is 1. The van der Waals surface area contributed by atoms with Crippen molar-refractivity contribution in [1.82, 2.24) is 10.6 Å². The number of hydrogen-bond donors (Lipinski definition) is 2. The molecular formula is C17H23ClIN3OS. The molecule has 1 aromatic heterocycles. The first-order valence-electron chi connectivity index (χ1n) is 7.53. The fourth-order valence-corrected chi connectivity index (χ4v) is 3.22. The first-order valence-corrected chi connectivity index (χ1v) is 8.72. The van der Waals surface area contributed by atoms with Crippen LogP contribution in [-0.2, 0) is 12.8 Å². The maximum Gasteiger partial charge on any atom is 0.190 e. The fourth-order valence-electron chi connectivity index (χ4n) is 2.13. The minimum absolute atomic E-state index is 0. The normalized spacial score (nSPS) is 10.9. The average Bonchev–Trinajstić information content (AvgIpc) is 2.99. The fraction of sp³-hybridized carbons (Fsp3) is 0.353. The van der Waals surface area contributed by atoms with Gasteiger partial charge in [0, 0.05) is 25.0 Å². The molecule has 0 saturated heterocycles. The zero-order valence-corrected chi connectivity index (χ0v) is 17.7. The molecule has 0 aliphatic rings. The van der Waals surface area contributed by atoms with Crippen LogP contribution >= 0.6 is 46.9 Å². The molecule has 0 radical (unpaired) electrons. The number of rotatable bonds is 7. The van der Waals surface area contributed by atoms with E-state index in [2.05, 4.69) is 33.8 Å². The van der Waals surface area contributed by atoms with E-state index in [0.29, 0.717) is 0 Å². The van der Waals surface area contributed by atoms with Crippen LogP contribution in [0, 0.1) is 0 Å². The van der Waals surface area contributed by atoms with Crippen molar-refractivity contribution in [3.63, 3.8) is 0 Å². The Labute approximate surface area is 169 Å². The molecule has 7 heteroatoms. The number of ether oxygens (including phenoxy) is 1. The van der Waals surface area contributed by atoms with Crippen molar-refractivity contribution in [3.8, 4) is 5.75 Å². The third-order valence-electron chi connectivity index (χ3n) is 3.38. The Hall–Kier alpha value is -0.990. The standard InChI is InChI=1S/C17H22ClN3OS.HI/c1-19-17(21-12-10-15-7-8-16(18)23-15)20-11-9-13-3-5-14(22-2)6-4-13;/h3-8H,9-12H2,1-2H3,(H2,19,20,21);1H.